The van der Waals surface area contributed by atoms with Crippen molar-refractivity contribution in [2.24, 2.45) is 5.92 Å². The number of nitrogens with one attached hydrogen (secondary N) is 1. The second-order valence-electron chi connectivity index (χ2n) is 7.91. The standard InChI is InChI=1S/C25H34N2O5/c1-6-23(25(29)26-15-18(2)3)27(16-19-10-8-7-9-11-19)24(28)17-32-22-13-20(30-4)12-21(14-22)31-5/h7-14,18,23H,6,15-17H2,1-5H3,(H,26,29)/t23-/m1/s1. The third-order valence-corrected chi connectivity index (χ3v) is 4.95. The van der Waals surface area contributed by atoms with Crippen molar-refractivity contribution in [1.82, 2.24) is 10.2 Å². The maximum Gasteiger partial charge on any atom is 0.261 e. The molecule has 0 unspecified atom stereocenters. The van der Waals surface area contributed by atoms with Crippen molar-refractivity contribution in [2.45, 2.75) is 39.8 Å². The molecule has 0 aromatic heterocycles. The molecule has 1 N–H and O–H groups in total. The van der Waals surface area contributed by atoms with Crippen LogP contribution in [0, 0.1) is 5.92 Å². The molecule has 0 bridgehead atoms. The zero-order valence-electron chi connectivity index (χ0n) is 19.6. The summed E-state index contributed by atoms with van der Waals surface area (Å²) in [5.41, 5.74) is 0.944. The first kappa shape index (κ1) is 25.0. The highest BCUT2D eigenvalue weighted by Gasteiger charge is 2.29. The van der Waals surface area contributed by atoms with E-state index in [0.29, 0.717) is 42.7 Å². The Labute approximate surface area is 190 Å². The van der Waals surface area contributed by atoms with Gasteiger partial charge in [0, 0.05) is 31.3 Å². The Morgan fingerprint density at radius 2 is 1.56 bits per heavy atom. The lowest BCUT2D eigenvalue weighted by Gasteiger charge is -2.30. The van der Waals surface area contributed by atoms with E-state index in [1.54, 1.807) is 37.3 Å². The molecule has 2 rings (SSSR count). The molecule has 0 heterocycles. The molecule has 2 amide bonds. The van der Waals surface area contributed by atoms with E-state index < -0.39 is 6.04 Å². The first-order chi connectivity index (χ1) is 15.4. The van der Waals surface area contributed by atoms with Gasteiger partial charge in [-0.15, -0.1) is 0 Å². The van der Waals surface area contributed by atoms with Gasteiger partial charge < -0.3 is 24.4 Å². The predicted octanol–water partition coefficient (Wildman–Crippen LogP) is 3.66. The van der Waals surface area contributed by atoms with E-state index in [0.717, 1.165) is 5.56 Å². The van der Waals surface area contributed by atoms with Crippen LogP contribution in [0.15, 0.2) is 48.5 Å². The second-order valence-corrected chi connectivity index (χ2v) is 7.91. The van der Waals surface area contributed by atoms with Crippen LogP contribution in [0.5, 0.6) is 17.2 Å². The number of methoxy groups -OCH3 is 2. The van der Waals surface area contributed by atoms with Crippen LogP contribution in [0.4, 0.5) is 0 Å². The van der Waals surface area contributed by atoms with Crippen LogP contribution in [0.2, 0.25) is 0 Å². The van der Waals surface area contributed by atoms with Crippen LogP contribution in [0.3, 0.4) is 0 Å². The highest BCUT2D eigenvalue weighted by atomic mass is 16.5. The number of rotatable bonds is 12. The van der Waals surface area contributed by atoms with Crippen molar-refractivity contribution in [2.75, 3.05) is 27.4 Å². The first-order valence-electron chi connectivity index (χ1n) is 10.8. The fourth-order valence-electron chi connectivity index (χ4n) is 3.21. The zero-order valence-corrected chi connectivity index (χ0v) is 19.6. The van der Waals surface area contributed by atoms with Gasteiger partial charge in [0.25, 0.3) is 5.91 Å². The number of ether oxygens (including phenoxy) is 3. The topological polar surface area (TPSA) is 77.1 Å². The van der Waals surface area contributed by atoms with Gasteiger partial charge in [-0.2, -0.15) is 0 Å². The lowest BCUT2D eigenvalue weighted by atomic mass is 10.1. The van der Waals surface area contributed by atoms with Gasteiger partial charge in [0.15, 0.2) is 6.61 Å². The normalized spacial score (nSPS) is 11.6. The summed E-state index contributed by atoms with van der Waals surface area (Å²) in [5, 5.41) is 2.95. The van der Waals surface area contributed by atoms with E-state index >= 15 is 0 Å². The van der Waals surface area contributed by atoms with E-state index in [9.17, 15) is 9.59 Å². The third kappa shape index (κ3) is 7.48. The maximum absolute atomic E-state index is 13.2. The first-order valence-corrected chi connectivity index (χ1v) is 10.8. The molecule has 0 aliphatic carbocycles. The fraction of sp³-hybridized carbons (Fsp3) is 0.440. The molecule has 0 saturated carbocycles. The molecule has 0 aliphatic rings. The van der Waals surface area contributed by atoms with Crippen LogP contribution < -0.4 is 19.5 Å². The smallest absolute Gasteiger partial charge is 0.261 e. The maximum atomic E-state index is 13.2. The molecule has 7 heteroatoms. The van der Waals surface area contributed by atoms with Gasteiger partial charge in [-0.25, -0.2) is 0 Å². The second kappa shape index (κ2) is 12.6. The van der Waals surface area contributed by atoms with Crippen molar-refractivity contribution in [1.29, 1.82) is 0 Å². The summed E-state index contributed by atoms with van der Waals surface area (Å²) < 4.78 is 16.3. The van der Waals surface area contributed by atoms with Gasteiger partial charge in [-0.3, -0.25) is 9.59 Å². The van der Waals surface area contributed by atoms with E-state index in [1.807, 2.05) is 51.1 Å². The minimum absolute atomic E-state index is 0.159. The lowest BCUT2D eigenvalue weighted by molar-refractivity contribution is -0.143. The third-order valence-electron chi connectivity index (χ3n) is 4.95. The molecule has 0 aliphatic heterocycles. The van der Waals surface area contributed by atoms with Crippen molar-refractivity contribution in [3.8, 4) is 17.2 Å². The summed E-state index contributed by atoms with van der Waals surface area (Å²) in [7, 11) is 3.10. The number of hydrogen-bond donors (Lipinski definition) is 1. The summed E-state index contributed by atoms with van der Waals surface area (Å²) in [6.07, 6.45) is 0.496. The van der Waals surface area contributed by atoms with E-state index in [-0.39, 0.29) is 18.4 Å². The highest BCUT2D eigenvalue weighted by Crippen LogP contribution is 2.27. The van der Waals surface area contributed by atoms with Crippen LogP contribution in [0.1, 0.15) is 32.8 Å². The molecule has 7 nitrogen and oxygen atoms in total. The monoisotopic (exact) mass is 442 g/mol. The average Bonchev–Trinajstić information content (AvgIpc) is 2.81. The number of carbonyl (C=O) groups excluding carboxylic acids is 2. The molecule has 1 atom stereocenters. The van der Waals surface area contributed by atoms with Crippen molar-refractivity contribution < 1.29 is 23.8 Å². The van der Waals surface area contributed by atoms with Crippen LogP contribution in [0.25, 0.3) is 0 Å². The Balaban J connectivity index is 2.20. The van der Waals surface area contributed by atoms with E-state index in [4.69, 9.17) is 14.2 Å². The molecule has 0 radical (unpaired) electrons. The van der Waals surface area contributed by atoms with Gasteiger partial charge in [-0.05, 0) is 17.9 Å². The number of amides is 2. The number of carbonyl (C=O) groups is 2. The van der Waals surface area contributed by atoms with E-state index in [1.165, 1.54) is 0 Å². The largest absolute Gasteiger partial charge is 0.496 e. The predicted molar refractivity (Wildman–Crippen MR) is 124 cm³/mol. The Morgan fingerprint density at radius 3 is 2.09 bits per heavy atom. The Kier molecular flexibility index (Phi) is 9.85. The van der Waals surface area contributed by atoms with Gasteiger partial charge in [-0.1, -0.05) is 51.1 Å². The average molecular weight is 443 g/mol. The van der Waals surface area contributed by atoms with Crippen molar-refractivity contribution >= 4 is 11.8 Å². The van der Waals surface area contributed by atoms with Crippen LogP contribution >= 0.6 is 0 Å². The minimum atomic E-state index is -0.593. The summed E-state index contributed by atoms with van der Waals surface area (Å²) in [4.78, 5) is 27.7. The summed E-state index contributed by atoms with van der Waals surface area (Å²) in [5.74, 6) is 1.46. The fourth-order valence-corrected chi connectivity index (χ4v) is 3.21. The molecule has 32 heavy (non-hydrogen) atoms. The van der Waals surface area contributed by atoms with Crippen molar-refractivity contribution in [3.05, 3.63) is 54.1 Å². The van der Waals surface area contributed by atoms with Gasteiger partial charge >= 0.3 is 0 Å². The summed E-state index contributed by atoms with van der Waals surface area (Å²) in [6.45, 7) is 6.63. The molecule has 0 saturated heterocycles. The zero-order chi connectivity index (χ0) is 23.5. The molecule has 2 aromatic rings. The molecular weight excluding hydrogens is 408 g/mol. The molecule has 174 valence electrons. The van der Waals surface area contributed by atoms with Gasteiger partial charge in [0.05, 0.1) is 14.2 Å². The number of hydrogen-bond acceptors (Lipinski definition) is 5. The SMILES string of the molecule is CC[C@H](C(=O)NCC(C)C)N(Cc1ccccc1)C(=O)COc1cc(OC)cc(OC)c1. The Hall–Kier alpha value is -3.22. The number of nitrogens with zero attached hydrogens (tertiary/aromatic N) is 1. The van der Waals surface area contributed by atoms with Crippen molar-refractivity contribution in [3.63, 3.8) is 0 Å². The van der Waals surface area contributed by atoms with E-state index in [2.05, 4.69) is 5.32 Å². The van der Waals surface area contributed by atoms with Crippen LogP contribution in [-0.4, -0.2) is 50.1 Å². The van der Waals surface area contributed by atoms with Gasteiger partial charge in [0.2, 0.25) is 5.91 Å². The summed E-state index contributed by atoms with van der Waals surface area (Å²) in [6, 6.07) is 14.1. The minimum Gasteiger partial charge on any atom is -0.496 e. The summed E-state index contributed by atoms with van der Waals surface area (Å²) >= 11 is 0. The lowest BCUT2D eigenvalue weighted by Crippen LogP contribution is -2.50. The highest BCUT2D eigenvalue weighted by molar-refractivity contribution is 5.88. The molecule has 0 fully saturated rings. The molecule has 0 spiro atoms. The molecular formula is C25H34N2O5. The van der Waals surface area contributed by atoms with Gasteiger partial charge in [0.1, 0.15) is 23.3 Å². The Bertz CT molecular complexity index is 848. The number of benzene rings is 2. The molecule has 2 aromatic carbocycles. The Morgan fingerprint density at radius 1 is 0.969 bits per heavy atom. The quantitative estimate of drug-likeness (QED) is 0.543. The van der Waals surface area contributed by atoms with Crippen LogP contribution in [-0.2, 0) is 16.1 Å².